The predicted molar refractivity (Wildman–Crippen MR) is 83.3 cm³/mol. The van der Waals surface area contributed by atoms with Crippen LogP contribution in [0.25, 0.3) is 0 Å². The molecule has 0 atom stereocenters. The number of anilines is 2. The first-order chi connectivity index (χ1) is 10.0. The van der Waals surface area contributed by atoms with Crippen LogP contribution in [0.4, 0.5) is 11.4 Å². The van der Waals surface area contributed by atoms with E-state index < -0.39 is 10.0 Å². The average Bonchev–Trinajstić information content (AvgIpc) is 2.47. The summed E-state index contributed by atoms with van der Waals surface area (Å²) in [5.41, 5.74) is 8.00. The van der Waals surface area contributed by atoms with E-state index in [2.05, 4.69) is 15.0 Å². The number of benzene rings is 1. The van der Waals surface area contributed by atoms with Gasteiger partial charge in [-0.2, -0.15) is 0 Å². The molecule has 112 valence electrons. The molecule has 1 heterocycles. The lowest BCUT2D eigenvalue weighted by molar-refractivity contribution is 0.584. The van der Waals surface area contributed by atoms with Gasteiger partial charge in [0.15, 0.2) is 0 Å². The number of hydrogen-bond acceptors (Lipinski definition) is 5. The van der Waals surface area contributed by atoms with Crippen molar-refractivity contribution in [2.24, 2.45) is 0 Å². The van der Waals surface area contributed by atoms with Crippen LogP contribution < -0.4 is 15.8 Å². The largest absolute Gasteiger partial charge is 0.397 e. The highest BCUT2D eigenvalue weighted by Gasteiger charge is 2.14. The van der Waals surface area contributed by atoms with Crippen molar-refractivity contribution in [3.05, 3.63) is 48.3 Å². The van der Waals surface area contributed by atoms with Crippen LogP contribution in [0.5, 0.6) is 0 Å². The topological polar surface area (TPSA) is 97.1 Å². The molecule has 6 nitrogen and oxygen atoms in total. The summed E-state index contributed by atoms with van der Waals surface area (Å²) in [7, 11) is -3.49. The zero-order chi connectivity index (χ0) is 15.3. The van der Waals surface area contributed by atoms with Crippen LogP contribution in [-0.4, -0.2) is 19.9 Å². The van der Waals surface area contributed by atoms with Gasteiger partial charge < -0.3 is 11.1 Å². The molecule has 2 rings (SSSR count). The molecule has 2 aromatic rings. The molecule has 0 aliphatic rings. The summed E-state index contributed by atoms with van der Waals surface area (Å²) in [5.74, 6) is 0. The van der Waals surface area contributed by atoms with E-state index in [1.165, 1.54) is 12.1 Å². The van der Waals surface area contributed by atoms with E-state index in [-0.39, 0.29) is 4.90 Å². The minimum Gasteiger partial charge on any atom is -0.397 e. The summed E-state index contributed by atoms with van der Waals surface area (Å²) in [5, 5.41) is 3.14. The molecule has 0 saturated carbocycles. The normalized spacial score (nSPS) is 11.3. The van der Waals surface area contributed by atoms with Crippen molar-refractivity contribution < 1.29 is 8.42 Å². The zero-order valence-electron chi connectivity index (χ0n) is 11.7. The third-order valence-electron chi connectivity index (χ3n) is 2.90. The number of rotatable bonds is 6. The second kappa shape index (κ2) is 6.55. The molecular formula is C14H18N4O2S. The maximum Gasteiger partial charge on any atom is 0.240 e. The summed E-state index contributed by atoms with van der Waals surface area (Å²) in [4.78, 5) is 4.14. The van der Waals surface area contributed by atoms with Crippen molar-refractivity contribution in [3.8, 4) is 0 Å². The van der Waals surface area contributed by atoms with E-state index in [9.17, 15) is 8.42 Å². The smallest absolute Gasteiger partial charge is 0.240 e. The quantitative estimate of drug-likeness (QED) is 0.704. The Morgan fingerprint density at radius 3 is 2.57 bits per heavy atom. The molecule has 0 aliphatic carbocycles. The van der Waals surface area contributed by atoms with Gasteiger partial charge in [0.25, 0.3) is 0 Å². The second-order valence-electron chi connectivity index (χ2n) is 4.46. The van der Waals surface area contributed by atoms with E-state index in [0.29, 0.717) is 24.5 Å². The maximum atomic E-state index is 12.0. The van der Waals surface area contributed by atoms with Crippen LogP contribution in [-0.2, 0) is 16.6 Å². The highest BCUT2D eigenvalue weighted by atomic mass is 32.2. The SMILES string of the molecule is CCNS(=O)(=O)c1ccc(N)c(NCc2ccncc2)c1. The number of nitrogens with zero attached hydrogens (tertiary/aromatic N) is 1. The standard InChI is InChI=1S/C14H18N4O2S/c1-2-18-21(19,20)12-3-4-13(15)14(9-12)17-10-11-5-7-16-8-6-11/h3-9,17-18H,2,10,15H2,1H3. The van der Waals surface area contributed by atoms with Gasteiger partial charge in [-0.15, -0.1) is 0 Å². The Morgan fingerprint density at radius 1 is 1.19 bits per heavy atom. The Balaban J connectivity index is 2.20. The van der Waals surface area contributed by atoms with Gasteiger partial charge in [-0.25, -0.2) is 13.1 Å². The number of nitrogen functional groups attached to an aromatic ring is 1. The molecular weight excluding hydrogens is 288 g/mol. The lowest BCUT2D eigenvalue weighted by atomic mass is 10.2. The van der Waals surface area contributed by atoms with Gasteiger partial charge in [-0.1, -0.05) is 6.92 Å². The molecule has 7 heteroatoms. The molecule has 0 aliphatic heterocycles. The predicted octanol–water partition coefficient (Wildman–Crippen LogP) is 1.57. The van der Waals surface area contributed by atoms with Gasteiger partial charge in [-0.3, -0.25) is 4.98 Å². The van der Waals surface area contributed by atoms with Gasteiger partial charge in [0.1, 0.15) is 0 Å². The van der Waals surface area contributed by atoms with Crippen LogP contribution in [0.1, 0.15) is 12.5 Å². The first kappa shape index (κ1) is 15.3. The molecule has 0 fully saturated rings. The van der Waals surface area contributed by atoms with Gasteiger partial charge in [0, 0.05) is 25.5 Å². The van der Waals surface area contributed by atoms with E-state index in [1.807, 2.05) is 12.1 Å². The molecule has 0 spiro atoms. The summed E-state index contributed by atoms with van der Waals surface area (Å²) in [6, 6.07) is 8.36. The van der Waals surface area contributed by atoms with Gasteiger partial charge in [0.2, 0.25) is 10.0 Å². The fraction of sp³-hybridized carbons (Fsp3) is 0.214. The van der Waals surface area contributed by atoms with Crippen LogP contribution >= 0.6 is 0 Å². The molecule has 0 bridgehead atoms. The van der Waals surface area contributed by atoms with Crippen molar-refractivity contribution >= 4 is 21.4 Å². The van der Waals surface area contributed by atoms with Crippen LogP contribution in [0.3, 0.4) is 0 Å². The van der Waals surface area contributed by atoms with Crippen molar-refractivity contribution in [2.75, 3.05) is 17.6 Å². The second-order valence-corrected chi connectivity index (χ2v) is 6.23. The lowest BCUT2D eigenvalue weighted by Crippen LogP contribution is -2.23. The minimum atomic E-state index is -3.49. The van der Waals surface area contributed by atoms with E-state index in [4.69, 9.17) is 5.73 Å². The van der Waals surface area contributed by atoms with E-state index in [1.54, 1.807) is 25.4 Å². The Hall–Kier alpha value is -2.12. The zero-order valence-corrected chi connectivity index (χ0v) is 12.5. The maximum absolute atomic E-state index is 12.0. The number of nitrogens with two attached hydrogens (primary N) is 1. The third-order valence-corrected chi connectivity index (χ3v) is 4.44. The Kier molecular flexibility index (Phi) is 4.77. The minimum absolute atomic E-state index is 0.191. The molecule has 4 N–H and O–H groups in total. The summed E-state index contributed by atoms with van der Waals surface area (Å²) < 4.78 is 26.4. The molecule has 1 aromatic heterocycles. The Morgan fingerprint density at radius 2 is 1.90 bits per heavy atom. The van der Waals surface area contributed by atoms with Crippen LogP contribution in [0.15, 0.2) is 47.6 Å². The number of sulfonamides is 1. The van der Waals surface area contributed by atoms with Crippen molar-refractivity contribution in [2.45, 2.75) is 18.4 Å². The van der Waals surface area contributed by atoms with E-state index >= 15 is 0 Å². The van der Waals surface area contributed by atoms with Crippen molar-refractivity contribution in [1.82, 2.24) is 9.71 Å². The number of nitrogens with one attached hydrogen (secondary N) is 2. The molecule has 0 radical (unpaired) electrons. The molecule has 0 unspecified atom stereocenters. The number of aromatic nitrogens is 1. The highest BCUT2D eigenvalue weighted by molar-refractivity contribution is 7.89. The number of hydrogen-bond donors (Lipinski definition) is 3. The third kappa shape index (κ3) is 3.93. The summed E-state index contributed by atoms with van der Waals surface area (Å²) in [6.45, 7) is 2.61. The Bertz CT molecular complexity index is 702. The average molecular weight is 306 g/mol. The molecule has 21 heavy (non-hydrogen) atoms. The molecule has 1 aromatic carbocycles. The Labute approximate surface area is 124 Å². The summed E-state index contributed by atoms with van der Waals surface area (Å²) in [6.07, 6.45) is 3.40. The van der Waals surface area contributed by atoms with Gasteiger partial charge >= 0.3 is 0 Å². The summed E-state index contributed by atoms with van der Waals surface area (Å²) >= 11 is 0. The first-order valence-corrected chi connectivity index (χ1v) is 8.03. The monoisotopic (exact) mass is 306 g/mol. The lowest BCUT2D eigenvalue weighted by Gasteiger charge is -2.12. The van der Waals surface area contributed by atoms with Gasteiger partial charge in [-0.05, 0) is 35.9 Å². The van der Waals surface area contributed by atoms with E-state index in [0.717, 1.165) is 5.56 Å². The van der Waals surface area contributed by atoms with Gasteiger partial charge in [0.05, 0.1) is 16.3 Å². The first-order valence-electron chi connectivity index (χ1n) is 6.55. The molecule has 0 saturated heterocycles. The molecule has 0 amide bonds. The van der Waals surface area contributed by atoms with Crippen LogP contribution in [0, 0.1) is 0 Å². The highest BCUT2D eigenvalue weighted by Crippen LogP contribution is 2.23. The fourth-order valence-corrected chi connectivity index (χ4v) is 2.89. The number of pyridine rings is 1. The van der Waals surface area contributed by atoms with Crippen molar-refractivity contribution in [3.63, 3.8) is 0 Å². The van der Waals surface area contributed by atoms with Crippen molar-refractivity contribution in [1.29, 1.82) is 0 Å². The fourth-order valence-electron chi connectivity index (χ4n) is 1.83. The van der Waals surface area contributed by atoms with Crippen LogP contribution in [0.2, 0.25) is 0 Å².